The van der Waals surface area contributed by atoms with Gasteiger partial charge in [0, 0.05) is 42.7 Å². The highest BCUT2D eigenvalue weighted by atomic mass is 35.5. The first-order valence-corrected chi connectivity index (χ1v) is 8.20. The average molecular weight is 375 g/mol. The van der Waals surface area contributed by atoms with Crippen LogP contribution < -0.4 is 10.1 Å². The topological polar surface area (TPSA) is 60.3 Å². The average Bonchev–Trinajstić information content (AvgIpc) is 2.83. The molecule has 134 valence electrons. The van der Waals surface area contributed by atoms with E-state index in [0.29, 0.717) is 5.56 Å². The lowest BCUT2D eigenvalue weighted by Gasteiger charge is -2.10. The van der Waals surface area contributed by atoms with Crippen LogP contribution in [-0.4, -0.2) is 16.4 Å². The van der Waals surface area contributed by atoms with Gasteiger partial charge in [-0.3, -0.25) is 9.59 Å². The molecule has 3 rings (SSSR count). The number of carbonyl (C=O) groups excluding carboxylic acids is 2. The van der Waals surface area contributed by atoms with Crippen molar-refractivity contribution in [2.45, 2.75) is 13.8 Å². The highest BCUT2D eigenvalue weighted by Crippen LogP contribution is 2.32. The predicted octanol–water partition coefficient (Wildman–Crippen LogP) is 4.46. The number of esters is 1. The molecule has 1 heterocycles. The van der Waals surface area contributed by atoms with E-state index in [9.17, 15) is 14.0 Å². The van der Waals surface area contributed by atoms with E-state index >= 15 is 0 Å². The van der Waals surface area contributed by atoms with Gasteiger partial charge in [0.1, 0.15) is 0 Å². The summed E-state index contributed by atoms with van der Waals surface area (Å²) in [6.07, 6.45) is 0. The summed E-state index contributed by atoms with van der Waals surface area (Å²) < 4.78 is 20.7. The van der Waals surface area contributed by atoms with E-state index in [1.54, 1.807) is 0 Å². The fourth-order valence-corrected chi connectivity index (χ4v) is 3.05. The highest BCUT2D eigenvalue weighted by Gasteiger charge is 2.20. The molecule has 7 heteroatoms. The maximum absolute atomic E-state index is 14.1. The lowest BCUT2D eigenvalue weighted by atomic mass is 10.1. The van der Waals surface area contributed by atoms with Crippen molar-refractivity contribution in [3.8, 4) is 5.75 Å². The number of anilines is 1. The number of hydrogen-bond acceptors (Lipinski definition) is 3. The minimum Gasteiger partial charge on any atom is -0.424 e. The van der Waals surface area contributed by atoms with Crippen LogP contribution in [0.2, 0.25) is 5.02 Å². The SMILES string of the molecule is CC(=O)Oc1cc(Cl)c(NC(=O)c2c(C)n(C)c3ccccc23)cc1F. The van der Waals surface area contributed by atoms with Crippen LogP contribution >= 0.6 is 11.6 Å². The van der Waals surface area contributed by atoms with E-state index in [0.717, 1.165) is 35.7 Å². The Morgan fingerprint density at radius 1 is 1.23 bits per heavy atom. The number of nitrogens with one attached hydrogen (secondary N) is 1. The number of aryl methyl sites for hydroxylation is 1. The molecule has 0 aliphatic carbocycles. The molecule has 5 nitrogen and oxygen atoms in total. The Kier molecular flexibility index (Phi) is 4.70. The minimum atomic E-state index is -0.797. The zero-order chi connectivity index (χ0) is 19.0. The second-order valence-corrected chi connectivity index (χ2v) is 6.25. The van der Waals surface area contributed by atoms with E-state index in [1.807, 2.05) is 42.8 Å². The molecule has 0 aliphatic heterocycles. The Morgan fingerprint density at radius 3 is 2.62 bits per heavy atom. The molecule has 0 radical (unpaired) electrons. The molecule has 3 aromatic rings. The van der Waals surface area contributed by atoms with Crippen LogP contribution in [-0.2, 0) is 11.8 Å². The highest BCUT2D eigenvalue weighted by molar-refractivity contribution is 6.34. The van der Waals surface area contributed by atoms with Gasteiger partial charge in [-0.05, 0) is 13.0 Å². The lowest BCUT2D eigenvalue weighted by Crippen LogP contribution is -2.14. The third-order valence-corrected chi connectivity index (χ3v) is 4.46. The van der Waals surface area contributed by atoms with Crippen LogP contribution in [0.4, 0.5) is 10.1 Å². The fraction of sp³-hybridized carbons (Fsp3) is 0.158. The summed E-state index contributed by atoms with van der Waals surface area (Å²) in [5.41, 5.74) is 2.27. The standard InChI is InChI=1S/C19H16ClFN2O3/c1-10-18(12-6-4-5-7-16(12)23(10)3)19(25)22-15-9-14(21)17(8-13(15)20)26-11(2)24/h4-9H,1-3H3,(H,22,25). The van der Waals surface area contributed by atoms with E-state index in [2.05, 4.69) is 5.32 Å². The first-order valence-electron chi connectivity index (χ1n) is 7.82. The van der Waals surface area contributed by atoms with Crippen molar-refractivity contribution >= 4 is 40.1 Å². The fourth-order valence-electron chi connectivity index (χ4n) is 2.85. The molecule has 26 heavy (non-hydrogen) atoms. The normalized spacial score (nSPS) is 10.8. The second kappa shape index (κ2) is 6.80. The summed E-state index contributed by atoms with van der Waals surface area (Å²) in [7, 11) is 1.87. The zero-order valence-corrected chi connectivity index (χ0v) is 15.1. The Morgan fingerprint density at radius 2 is 1.92 bits per heavy atom. The van der Waals surface area contributed by atoms with Crippen LogP contribution in [0.1, 0.15) is 23.0 Å². The largest absolute Gasteiger partial charge is 0.424 e. The zero-order valence-electron chi connectivity index (χ0n) is 14.4. The number of halogens is 2. The van der Waals surface area contributed by atoms with Gasteiger partial charge in [-0.1, -0.05) is 29.8 Å². The number of fused-ring (bicyclic) bond motifs is 1. The third-order valence-electron chi connectivity index (χ3n) is 4.15. The van der Waals surface area contributed by atoms with Crippen molar-refractivity contribution in [1.29, 1.82) is 0 Å². The number of benzene rings is 2. The molecule has 1 N–H and O–H groups in total. The summed E-state index contributed by atoms with van der Waals surface area (Å²) in [6.45, 7) is 2.99. The monoisotopic (exact) mass is 374 g/mol. The van der Waals surface area contributed by atoms with Gasteiger partial charge in [0.2, 0.25) is 0 Å². The summed E-state index contributed by atoms with van der Waals surface area (Å²) >= 11 is 6.10. The smallest absolute Gasteiger partial charge is 0.308 e. The molecule has 0 bridgehead atoms. The number of ether oxygens (including phenoxy) is 1. The van der Waals surface area contributed by atoms with Gasteiger partial charge in [-0.25, -0.2) is 4.39 Å². The molecule has 0 saturated carbocycles. The van der Waals surface area contributed by atoms with Gasteiger partial charge in [0.05, 0.1) is 16.3 Å². The number of carbonyl (C=O) groups is 2. The lowest BCUT2D eigenvalue weighted by molar-refractivity contribution is -0.132. The Bertz CT molecular complexity index is 1040. The van der Waals surface area contributed by atoms with E-state index < -0.39 is 17.7 Å². The molecule has 0 saturated heterocycles. The van der Waals surface area contributed by atoms with E-state index in [-0.39, 0.29) is 16.5 Å². The van der Waals surface area contributed by atoms with Crippen LogP contribution in [0.15, 0.2) is 36.4 Å². The van der Waals surface area contributed by atoms with Crippen LogP contribution in [0.25, 0.3) is 10.9 Å². The maximum Gasteiger partial charge on any atom is 0.308 e. The minimum absolute atomic E-state index is 0.0638. The molecule has 0 fully saturated rings. The van der Waals surface area contributed by atoms with Gasteiger partial charge in [0.25, 0.3) is 5.91 Å². The molecule has 0 aliphatic rings. The third kappa shape index (κ3) is 3.15. The van der Waals surface area contributed by atoms with E-state index in [4.69, 9.17) is 16.3 Å². The van der Waals surface area contributed by atoms with Crippen molar-refractivity contribution in [3.05, 3.63) is 58.5 Å². The molecule has 0 atom stereocenters. The number of nitrogens with zero attached hydrogens (tertiary/aromatic N) is 1. The van der Waals surface area contributed by atoms with Gasteiger partial charge >= 0.3 is 5.97 Å². The molecular formula is C19H16ClFN2O3. The first kappa shape index (κ1) is 17.9. The Labute approximate surface area is 154 Å². The number of para-hydroxylation sites is 1. The second-order valence-electron chi connectivity index (χ2n) is 5.85. The van der Waals surface area contributed by atoms with Crippen molar-refractivity contribution in [2.75, 3.05) is 5.32 Å². The van der Waals surface area contributed by atoms with Crippen LogP contribution in [0.5, 0.6) is 5.75 Å². The summed E-state index contributed by atoms with van der Waals surface area (Å²) in [4.78, 5) is 23.8. The van der Waals surface area contributed by atoms with Gasteiger partial charge in [0.15, 0.2) is 11.6 Å². The first-order chi connectivity index (χ1) is 12.3. The van der Waals surface area contributed by atoms with Gasteiger partial charge in [-0.15, -0.1) is 0 Å². The maximum atomic E-state index is 14.1. The molecule has 1 amide bonds. The molecule has 2 aromatic carbocycles. The van der Waals surface area contributed by atoms with Gasteiger partial charge in [-0.2, -0.15) is 0 Å². The van der Waals surface area contributed by atoms with Crippen LogP contribution in [0, 0.1) is 12.7 Å². The summed E-state index contributed by atoms with van der Waals surface area (Å²) in [5.74, 6) is -2.15. The quantitative estimate of drug-likeness (QED) is 0.544. The molecular weight excluding hydrogens is 359 g/mol. The Hall–Kier alpha value is -2.86. The number of hydrogen-bond donors (Lipinski definition) is 1. The van der Waals surface area contributed by atoms with Gasteiger partial charge < -0.3 is 14.6 Å². The number of amides is 1. The number of rotatable bonds is 3. The van der Waals surface area contributed by atoms with E-state index in [1.165, 1.54) is 0 Å². The van der Waals surface area contributed by atoms with Crippen LogP contribution in [0.3, 0.4) is 0 Å². The summed E-state index contributed by atoms with van der Waals surface area (Å²) in [6, 6.07) is 9.69. The molecule has 0 spiro atoms. The van der Waals surface area contributed by atoms with Crippen molar-refractivity contribution in [3.63, 3.8) is 0 Å². The van der Waals surface area contributed by atoms with Crippen molar-refractivity contribution in [1.82, 2.24) is 4.57 Å². The summed E-state index contributed by atoms with van der Waals surface area (Å²) in [5, 5.41) is 3.48. The Balaban J connectivity index is 1.98. The number of aromatic nitrogens is 1. The molecule has 0 unspecified atom stereocenters. The predicted molar refractivity (Wildman–Crippen MR) is 98.3 cm³/mol. The van der Waals surface area contributed by atoms with Crippen molar-refractivity contribution in [2.24, 2.45) is 7.05 Å². The molecule has 1 aromatic heterocycles. The van der Waals surface area contributed by atoms with Crippen molar-refractivity contribution < 1.29 is 18.7 Å².